The zero-order chi connectivity index (χ0) is 15.7. The largest absolute Gasteiger partial charge is 0.389 e. The minimum absolute atomic E-state index is 0.203. The molecule has 0 unspecified atom stereocenters. The molecule has 0 bridgehead atoms. The number of non-ortho nitro benzene ring substituents is 1. The maximum atomic E-state index is 13.7. The van der Waals surface area contributed by atoms with Gasteiger partial charge in [0.05, 0.1) is 16.6 Å². The van der Waals surface area contributed by atoms with E-state index in [1.165, 1.54) is 0 Å². The Balaban J connectivity index is 2.17. The highest BCUT2D eigenvalue weighted by molar-refractivity contribution is 7.89. The minimum Gasteiger partial charge on any atom is -0.389 e. The second-order valence-electron chi connectivity index (χ2n) is 5.13. The van der Waals surface area contributed by atoms with Gasteiger partial charge in [0.2, 0.25) is 10.0 Å². The van der Waals surface area contributed by atoms with Crippen molar-refractivity contribution in [1.29, 1.82) is 0 Å². The van der Waals surface area contributed by atoms with Gasteiger partial charge in [-0.3, -0.25) is 10.1 Å². The van der Waals surface area contributed by atoms with Crippen molar-refractivity contribution in [2.75, 3.05) is 6.54 Å². The normalized spacial score (nSPS) is 17.8. The molecule has 1 saturated carbocycles. The van der Waals surface area contributed by atoms with Crippen LogP contribution < -0.4 is 4.72 Å². The number of nitro benzene ring substituents is 1. The third-order valence-electron chi connectivity index (χ3n) is 3.54. The standard InChI is InChI=1S/C12H15FN2O5S/c13-10-7-9(15(17)18)3-4-11(10)21(19,20)14-8-12(16)5-1-2-6-12/h3-4,7,14,16H,1-2,5-6,8H2. The lowest BCUT2D eigenvalue weighted by molar-refractivity contribution is -0.385. The molecule has 0 amide bonds. The summed E-state index contributed by atoms with van der Waals surface area (Å²) in [6.45, 7) is -0.203. The molecule has 116 valence electrons. The monoisotopic (exact) mass is 318 g/mol. The molecule has 0 saturated heterocycles. The van der Waals surface area contributed by atoms with Gasteiger partial charge in [0.15, 0.2) is 0 Å². The lowest BCUT2D eigenvalue weighted by atomic mass is 10.0. The number of halogens is 1. The summed E-state index contributed by atoms with van der Waals surface area (Å²) in [5, 5.41) is 20.6. The van der Waals surface area contributed by atoms with Gasteiger partial charge in [0.25, 0.3) is 5.69 Å². The molecule has 9 heteroatoms. The molecule has 0 aliphatic heterocycles. The number of rotatable bonds is 5. The third-order valence-corrected chi connectivity index (χ3v) is 4.98. The summed E-state index contributed by atoms with van der Waals surface area (Å²) in [5.74, 6) is -1.20. The molecule has 21 heavy (non-hydrogen) atoms. The maximum Gasteiger partial charge on any atom is 0.272 e. The van der Waals surface area contributed by atoms with Gasteiger partial charge in [0.1, 0.15) is 10.7 Å². The molecular formula is C12H15FN2O5S. The molecular weight excluding hydrogens is 303 g/mol. The van der Waals surface area contributed by atoms with Crippen LogP contribution in [-0.4, -0.2) is 30.6 Å². The van der Waals surface area contributed by atoms with E-state index in [4.69, 9.17) is 0 Å². The van der Waals surface area contributed by atoms with Crippen LogP contribution in [0.3, 0.4) is 0 Å². The van der Waals surface area contributed by atoms with Gasteiger partial charge in [-0.05, 0) is 18.9 Å². The van der Waals surface area contributed by atoms with E-state index in [-0.39, 0.29) is 6.54 Å². The van der Waals surface area contributed by atoms with Crippen molar-refractivity contribution in [3.8, 4) is 0 Å². The van der Waals surface area contributed by atoms with Crippen LogP contribution in [0.5, 0.6) is 0 Å². The molecule has 0 spiro atoms. The summed E-state index contributed by atoms with van der Waals surface area (Å²) >= 11 is 0. The van der Waals surface area contributed by atoms with E-state index in [1.54, 1.807) is 0 Å². The highest BCUT2D eigenvalue weighted by atomic mass is 32.2. The van der Waals surface area contributed by atoms with Crippen LogP contribution in [-0.2, 0) is 10.0 Å². The van der Waals surface area contributed by atoms with Crippen molar-refractivity contribution in [2.45, 2.75) is 36.2 Å². The molecule has 1 aliphatic carbocycles. The molecule has 2 rings (SSSR count). The average Bonchev–Trinajstić information content (AvgIpc) is 2.84. The molecule has 0 atom stereocenters. The third kappa shape index (κ3) is 3.55. The molecule has 1 aliphatic rings. The summed E-state index contributed by atoms with van der Waals surface area (Å²) in [6.07, 6.45) is 2.59. The van der Waals surface area contributed by atoms with Crippen LogP contribution >= 0.6 is 0 Å². The highest BCUT2D eigenvalue weighted by Crippen LogP contribution is 2.29. The Morgan fingerprint density at radius 1 is 1.38 bits per heavy atom. The summed E-state index contributed by atoms with van der Waals surface area (Å²) in [5.41, 5.74) is -1.63. The van der Waals surface area contributed by atoms with Gasteiger partial charge < -0.3 is 5.11 Å². The first-order valence-electron chi connectivity index (χ1n) is 6.40. The van der Waals surface area contributed by atoms with Crippen molar-refractivity contribution in [3.63, 3.8) is 0 Å². The number of benzene rings is 1. The number of hydrogen-bond donors (Lipinski definition) is 2. The summed E-state index contributed by atoms with van der Waals surface area (Å²) in [7, 11) is -4.17. The number of aliphatic hydroxyl groups is 1. The first-order chi connectivity index (χ1) is 9.73. The molecule has 0 heterocycles. The Kier molecular flexibility index (Phi) is 4.26. The van der Waals surface area contributed by atoms with E-state index in [9.17, 15) is 28.0 Å². The molecule has 0 aromatic heterocycles. The number of nitrogens with zero attached hydrogens (tertiary/aromatic N) is 1. The Morgan fingerprint density at radius 3 is 2.52 bits per heavy atom. The Bertz CT molecular complexity index is 656. The van der Waals surface area contributed by atoms with Gasteiger partial charge in [-0.1, -0.05) is 12.8 Å². The number of nitrogens with one attached hydrogen (secondary N) is 1. The summed E-state index contributed by atoms with van der Waals surface area (Å²) in [4.78, 5) is 9.01. The van der Waals surface area contributed by atoms with Crippen LogP contribution in [0.2, 0.25) is 0 Å². The number of sulfonamides is 1. The van der Waals surface area contributed by atoms with Gasteiger partial charge in [0, 0.05) is 12.6 Å². The lowest BCUT2D eigenvalue weighted by Gasteiger charge is -2.22. The first kappa shape index (κ1) is 15.8. The van der Waals surface area contributed by atoms with E-state index >= 15 is 0 Å². The van der Waals surface area contributed by atoms with E-state index in [2.05, 4.69) is 4.72 Å². The van der Waals surface area contributed by atoms with E-state index < -0.39 is 36.9 Å². The first-order valence-corrected chi connectivity index (χ1v) is 7.88. The van der Waals surface area contributed by atoms with Crippen molar-refractivity contribution in [3.05, 3.63) is 34.1 Å². The quantitative estimate of drug-likeness (QED) is 0.628. The van der Waals surface area contributed by atoms with Crippen LogP contribution in [0.1, 0.15) is 25.7 Å². The molecule has 2 N–H and O–H groups in total. The minimum atomic E-state index is -4.17. The van der Waals surface area contributed by atoms with Crippen LogP contribution in [0.25, 0.3) is 0 Å². The molecule has 1 aromatic rings. The van der Waals surface area contributed by atoms with Gasteiger partial charge in [-0.25, -0.2) is 17.5 Å². The smallest absolute Gasteiger partial charge is 0.272 e. The van der Waals surface area contributed by atoms with Gasteiger partial charge in [-0.2, -0.15) is 0 Å². The fourth-order valence-corrected chi connectivity index (χ4v) is 3.52. The number of hydrogen-bond acceptors (Lipinski definition) is 5. The van der Waals surface area contributed by atoms with Crippen LogP contribution in [0, 0.1) is 15.9 Å². The maximum absolute atomic E-state index is 13.7. The fourth-order valence-electron chi connectivity index (χ4n) is 2.34. The topological polar surface area (TPSA) is 110 Å². The zero-order valence-corrected chi connectivity index (χ0v) is 11.9. The predicted octanol–water partition coefficient (Wildman–Crippen LogP) is 1.32. The fraction of sp³-hybridized carbons (Fsp3) is 0.500. The van der Waals surface area contributed by atoms with E-state index in [0.29, 0.717) is 18.9 Å². The van der Waals surface area contributed by atoms with E-state index in [0.717, 1.165) is 25.0 Å². The Labute approximate surface area is 121 Å². The van der Waals surface area contributed by atoms with E-state index in [1.807, 2.05) is 0 Å². The second-order valence-corrected chi connectivity index (χ2v) is 6.86. The van der Waals surface area contributed by atoms with Gasteiger partial charge >= 0.3 is 0 Å². The average molecular weight is 318 g/mol. The Hall–Kier alpha value is -1.58. The van der Waals surface area contributed by atoms with Crippen molar-refractivity contribution in [1.82, 2.24) is 4.72 Å². The predicted molar refractivity (Wildman–Crippen MR) is 71.7 cm³/mol. The van der Waals surface area contributed by atoms with Crippen LogP contribution in [0.15, 0.2) is 23.1 Å². The second kappa shape index (κ2) is 5.66. The molecule has 1 aromatic carbocycles. The summed E-state index contributed by atoms with van der Waals surface area (Å²) < 4.78 is 39.9. The lowest BCUT2D eigenvalue weighted by Crippen LogP contribution is -2.40. The van der Waals surface area contributed by atoms with Crippen molar-refractivity contribution < 1.29 is 22.8 Å². The Morgan fingerprint density at radius 2 is 2.00 bits per heavy atom. The van der Waals surface area contributed by atoms with Crippen molar-refractivity contribution >= 4 is 15.7 Å². The SMILES string of the molecule is O=[N+]([O-])c1ccc(S(=O)(=O)NCC2(O)CCCC2)c(F)c1. The highest BCUT2D eigenvalue weighted by Gasteiger charge is 2.33. The van der Waals surface area contributed by atoms with Gasteiger partial charge in [-0.15, -0.1) is 0 Å². The molecule has 0 radical (unpaired) electrons. The molecule has 7 nitrogen and oxygen atoms in total. The zero-order valence-electron chi connectivity index (χ0n) is 11.1. The van der Waals surface area contributed by atoms with Crippen LogP contribution in [0.4, 0.5) is 10.1 Å². The summed E-state index contributed by atoms with van der Waals surface area (Å²) in [6, 6.07) is 2.31. The van der Waals surface area contributed by atoms with Crippen molar-refractivity contribution in [2.24, 2.45) is 0 Å². The number of nitro groups is 1. The molecule has 1 fully saturated rings.